The van der Waals surface area contributed by atoms with Gasteiger partial charge < -0.3 is 5.11 Å². The third-order valence-electron chi connectivity index (χ3n) is 4.21. The van der Waals surface area contributed by atoms with Crippen molar-refractivity contribution in [2.24, 2.45) is 10.8 Å². The summed E-state index contributed by atoms with van der Waals surface area (Å²) in [5.41, 5.74) is 0.0763. The summed E-state index contributed by atoms with van der Waals surface area (Å²) in [6.07, 6.45) is 0. The van der Waals surface area contributed by atoms with Crippen molar-refractivity contribution in [1.82, 2.24) is 0 Å². The van der Waals surface area contributed by atoms with Crippen LogP contribution in [0.2, 0.25) is 0 Å². The first-order valence-electron chi connectivity index (χ1n) is 6.79. The molecule has 1 nitrogen and oxygen atoms in total. The lowest BCUT2D eigenvalue weighted by Gasteiger charge is -2.53. The van der Waals surface area contributed by atoms with Crippen molar-refractivity contribution in [1.29, 1.82) is 0 Å². The van der Waals surface area contributed by atoms with E-state index in [1.54, 1.807) is 0 Å². The van der Waals surface area contributed by atoms with Crippen LogP contribution in [0.15, 0.2) is 30.3 Å². The molecule has 0 bridgehead atoms. The van der Waals surface area contributed by atoms with Crippen molar-refractivity contribution >= 4 is 0 Å². The molecule has 0 radical (unpaired) electrons. The second-order valence-electron chi connectivity index (χ2n) is 7.40. The maximum absolute atomic E-state index is 11.4. The van der Waals surface area contributed by atoms with E-state index in [-0.39, 0.29) is 16.7 Å². The predicted octanol–water partition coefficient (Wildman–Crippen LogP) is 4.61. The van der Waals surface area contributed by atoms with Gasteiger partial charge in [0.05, 0.1) is 5.60 Å². The Balaban J connectivity index is 3.30. The molecule has 1 unspecified atom stereocenters. The van der Waals surface area contributed by atoms with Gasteiger partial charge in [0, 0.05) is 5.92 Å². The summed E-state index contributed by atoms with van der Waals surface area (Å²) < 4.78 is 0. The maximum atomic E-state index is 11.4. The molecule has 0 amide bonds. The fourth-order valence-electron chi connectivity index (χ4n) is 3.41. The maximum Gasteiger partial charge on any atom is 0.0809 e. The highest BCUT2D eigenvalue weighted by atomic mass is 16.3. The van der Waals surface area contributed by atoms with Crippen molar-refractivity contribution in [3.05, 3.63) is 35.9 Å². The Morgan fingerprint density at radius 2 is 1.22 bits per heavy atom. The zero-order valence-electron chi connectivity index (χ0n) is 12.9. The molecular weight excluding hydrogens is 220 g/mol. The van der Waals surface area contributed by atoms with Gasteiger partial charge in [0.1, 0.15) is 0 Å². The molecule has 0 saturated heterocycles. The second kappa shape index (κ2) is 4.70. The summed E-state index contributed by atoms with van der Waals surface area (Å²) in [7, 11) is 0. The molecule has 1 rings (SSSR count). The van der Waals surface area contributed by atoms with E-state index in [0.717, 1.165) is 0 Å². The molecule has 1 aromatic carbocycles. The summed E-state index contributed by atoms with van der Waals surface area (Å²) >= 11 is 0. The SMILES string of the molecule is CC(c1ccccc1)C(O)(C(C)(C)C)C(C)(C)C. The molecule has 18 heavy (non-hydrogen) atoms. The van der Waals surface area contributed by atoms with Crippen LogP contribution in [-0.2, 0) is 0 Å². The van der Waals surface area contributed by atoms with Gasteiger partial charge in [0.2, 0.25) is 0 Å². The van der Waals surface area contributed by atoms with E-state index < -0.39 is 5.60 Å². The Bertz CT molecular complexity index is 364. The van der Waals surface area contributed by atoms with Gasteiger partial charge in [-0.05, 0) is 16.4 Å². The summed E-state index contributed by atoms with van der Waals surface area (Å²) in [4.78, 5) is 0. The molecular formula is C17H28O. The van der Waals surface area contributed by atoms with Crippen molar-refractivity contribution < 1.29 is 5.11 Å². The number of hydrogen-bond acceptors (Lipinski definition) is 1. The molecule has 1 heteroatoms. The van der Waals surface area contributed by atoms with Crippen molar-refractivity contribution in [2.75, 3.05) is 0 Å². The van der Waals surface area contributed by atoms with Crippen LogP contribution in [-0.4, -0.2) is 10.7 Å². The number of aliphatic hydroxyl groups is 1. The molecule has 0 saturated carbocycles. The van der Waals surface area contributed by atoms with Gasteiger partial charge in [-0.25, -0.2) is 0 Å². The van der Waals surface area contributed by atoms with E-state index in [4.69, 9.17) is 0 Å². The summed E-state index contributed by atoms with van der Waals surface area (Å²) in [5.74, 6) is 0.0960. The van der Waals surface area contributed by atoms with E-state index in [2.05, 4.69) is 60.6 Å². The van der Waals surface area contributed by atoms with Crippen LogP contribution < -0.4 is 0 Å². The highest BCUT2D eigenvalue weighted by Gasteiger charge is 2.52. The van der Waals surface area contributed by atoms with Gasteiger partial charge in [-0.2, -0.15) is 0 Å². The lowest BCUT2D eigenvalue weighted by Crippen LogP contribution is -2.56. The molecule has 0 aliphatic rings. The van der Waals surface area contributed by atoms with Gasteiger partial charge in [0.25, 0.3) is 0 Å². The van der Waals surface area contributed by atoms with E-state index >= 15 is 0 Å². The minimum absolute atomic E-state index is 0.0960. The molecule has 0 fully saturated rings. The first-order valence-corrected chi connectivity index (χ1v) is 6.79. The molecule has 1 atom stereocenters. The molecule has 0 heterocycles. The average Bonchev–Trinajstić information content (AvgIpc) is 2.25. The topological polar surface area (TPSA) is 20.2 Å². The predicted molar refractivity (Wildman–Crippen MR) is 78.7 cm³/mol. The van der Waals surface area contributed by atoms with Crippen LogP contribution >= 0.6 is 0 Å². The first kappa shape index (κ1) is 15.2. The zero-order chi connectivity index (χ0) is 14.2. The normalized spacial score (nSPS) is 15.6. The van der Waals surface area contributed by atoms with E-state index in [9.17, 15) is 5.11 Å². The monoisotopic (exact) mass is 248 g/mol. The molecule has 0 aromatic heterocycles. The minimum Gasteiger partial charge on any atom is -0.388 e. The Labute approximate surface area is 112 Å². The number of hydrogen-bond donors (Lipinski definition) is 1. The molecule has 102 valence electrons. The van der Waals surface area contributed by atoms with Crippen LogP contribution in [0.3, 0.4) is 0 Å². The number of rotatable bonds is 2. The lowest BCUT2D eigenvalue weighted by molar-refractivity contribution is -0.152. The van der Waals surface area contributed by atoms with Crippen LogP contribution in [0.25, 0.3) is 0 Å². The second-order valence-corrected chi connectivity index (χ2v) is 7.40. The fourth-order valence-corrected chi connectivity index (χ4v) is 3.41. The largest absolute Gasteiger partial charge is 0.388 e. The Morgan fingerprint density at radius 3 is 1.56 bits per heavy atom. The quantitative estimate of drug-likeness (QED) is 0.810. The molecule has 0 aliphatic heterocycles. The Hall–Kier alpha value is -0.820. The molecule has 0 aliphatic carbocycles. The first-order chi connectivity index (χ1) is 8.02. The van der Waals surface area contributed by atoms with Crippen LogP contribution in [0.4, 0.5) is 0 Å². The standard InChI is InChI=1S/C17H28O/c1-13(14-11-9-8-10-12-14)17(18,15(2,3)4)16(5,6)7/h8-13,18H,1-7H3. The summed E-state index contributed by atoms with van der Waals surface area (Å²) in [5, 5.41) is 11.4. The smallest absolute Gasteiger partial charge is 0.0809 e. The fraction of sp³-hybridized carbons (Fsp3) is 0.647. The lowest BCUT2D eigenvalue weighted by atomic mass is 9.56. The van der Waals surface area contributed by atoms with Crippen LogP contribution in [0, 0.1) is 10.8 Å². The minimum atomic E-state index is -0.763. The Morgan fingerprint density at radius 1 is 0.833 bits per heavy atom. The molecule has 1 aromatic rings. The van der Waals surface area contributed by atoms with Gasteiger partial charge in [-0.15, -0.1) is 0 Å². The average molecular weight is 248 g/mol. The summed E-state index contributed by atoms with van der Waals surface area (Å²) in [6.45, 7) is 14.9. The summed E-state index contributed by atoms with van der Waals surface area (Å²) in [6, 6.07) is 10.3. The Kier molecular flexibility index (Phi) is 3.97. The highest BCUT2D eigenvalue weighted by molar-refractivity contribution is 5.25. The van der Waals surface area contributed by atoms with Crippen LogP contribution in [0.1, 0.15) is 59.9 Å². The van der Waals surface area contributed by atoms with E-state index in [1.165, 1.54) is 5.56 Å². The van der Waals surface area contributed by atoms with Crippen molar-refractivity contribution in [3.8, 4) is 0 Å². The molecule has 1 N–H and O–H groups in total. The van der Waals surface area contributed by atoms with Gasteiger partial charge >= 0.3 is 0 Å². The van der Waals surface area contributed by atoms with Gasteiger partial charge in [-0.3, -0.25) is 0 Å². The van der Waals surface area contributed by atoms with E-state index in [0.29, 0.717) is 0 Å². The van der Waals surface area contributed by atoms with Gasteiger partial charge in [0.15, 0.2) is 0 Å². The number of benzene rings is 1. The van der Waals surface area contributed by atoms with E-state index in [1.807, 2.05) is 18.2 Å². The third-order valence-corrected chi connectivity index (χ3v) is 4.21. The van der Waals surface area contributed by atoms with Gasteiger partial charge in [-0.1, -0.05) is 78.8 Å². The third kappa shape index (κ3) is 2.47. The molecule has 0 spiro atoms. The van der Waals surface area contributed by atoms with Crippen LogP contribution in [0.5, 0.6) is 0 Å². The van der Waals surface area contributed by atoms with Crippen molar-refractivity contribution in [3.63, 3.8) is 0 Å². The zero-order valence-corrected chi connectivity index (χ0v) is 12.9. The highest BCUT2D eigenvalue weighted by Crippen LogP contribution is 2.51. The van der Waals surface area contributed by atoms with Crippen molar-refractivity contribution in [2.45, 2.75) is 60.0 Å².